The number of carbonyl (C=O) groups excluding carboxylic acids is 3. The second-order valence-electron chi connectivity index (χ2n) is 6.18. The lowest BCUT2D eigenvalue weighted by Gasteiger charge is -2.18. The fourth-order valence-electron chi connectivity index (χ4n) is 2.53. The van der Waals surface area contributed by atoms with Crippen LogP contribution in [0, 0.1) is 0 Å². The summed E-state index contributed by atoms with van der Waals surface area (Å²) >= 11 is 16.1. The number of primary amides is 1. The molecule has 4 N–H and O–H groups in total. The molecule has 166 valence electrons. The molecule has 0 radical (unpaired) electrons. The number of amides is 4. The Morgan fingerprint density at radius 2 is 1.88 bits per heavy atom. The molecule has 32 heavy (non-hydrogen) atoms. The van der Waals surface area contributed by atoms with Gasteiger partial charge in [0.2, 0.25) is 0 Å². The molecule has 4 amide bonds. The van der Waals surface area contributed by atoms with Gasteiger partial charge < -0.3 is 11.1 Å². The number of urea groups is 1. The Balaban J connectivity index is 2.00. The molecule has 0 aliphatic carbocycles. The maximum Gasteiger partial charge on any atom is 0.333 e. The Morgan fingerprint density at radius 3 is 2.53 bits per heavy atom. The lowest BCUT2D eigenvalue weighted by atomic mass is 10.1. The van der Waals surface area contributed by atoms with Gasteiger partial charge in [-0.15, -0.1) is 0 Å². The summed E-state index contributed by atoms with van der Waals surface area (Å²) in [7, 11) is 1.29. The van der Waals surface area contributed by atoms with Crippen LogP contribution in [0.4, 0.5) is 10.5 Å². The zero-order chi connectivity index (χ0) is 23.6. The number of nitrogens with two attached hydrogens (primary N) is 1. The van der Waals surface area contributed by atoms with Gasteiger partial charge in [0.25, 0.3) is 11.8 Å². The zero-order valence-electron chi connectivity index (χ0n) is 16.1. The van der Waals surface area contributed by atoms with E-state index in [1.165, 1.54) is 30.1 Å². The van der Waals surface area contributed by atoms with Crippen molar-refractivity contribution in [1.82, 2.24) is 25.2 Å². The third-order valence-electron chi connectivity index (χ3n) is 3.99. The Kier molecular flexibility index (Phi) is 7.54. The maximum atomic E-state index is 13.2. The van der Waals surface area contributed by atoms with E-state index in [2.05, 4.69) is 68.6 Å². The van der Waals surface area contributed by atoms with Crippen LogP contribution in [0.1, 0.15) is 20.8 Å². The van der Waals surface area contributed by atoms with Gasteiger partial charge in [-0.25, -0.2) is 19.5 Å². The van der Waals surface area contributed by atoms with Crippen LogP contribution >= 0.6 is 59.4 Å². The predicted molar refractivity (Wildman–Crippen MR) is 129 cm³/mol. The van der Waals surface area contributed by atoms with Crippen LogP contribution < -0.4 is 16.5 Å². The number of carbonyl (C=O) groups is 3. The Hall–Kier alpha value is -2.48. The van der Waals surface area contributed by atoms with Crippen molar-refractivity contribution in [3.63, 3.8) is 0 Å². The van der Waals surface area contributed by atoms with E-state index in [4.69, 9.17) is 17.3 Å². The first-order valence-electron chi connectivity index (χ1n) is 8.59. The summed E-state index contributed by atoms with van der Waals surface area (Å²) < 4.78 is 2.62. The van der Waals surface area contributed by atoms with Crippen molar-refractivity contribution >= 4 is 82.9 Å². The van der Waals surface area contributed by atoms with Gasteiger partial charge in [-0.05, 0) is 56.1 Å². The molecule has 0 saturated carbocycles. The van der Waals surface area contributed by atoms with Gasteiger partial charge in [0, 0.05) is 28.3 Å². The van der Waals surface area contributed by atoms with E-state index in [1.54, 1.807) is 18.2 Å². The molecular formula is C18H13Br3ClN7O3. The number of halogens is 4. The van der Waals surface area contributed by atoms with Gasteiger partial charge >= 0.3 is 6.03 Å². The third kappa shape index (κ3) is 5.28. The molecule has 0 spiro atoms. The number of benzene rings is 1. The number of pyridine rings is 1. The van der Waals surface area contributed by atoms with E-state index in [0.29, 0.717) is 13.5 Å². The number of hydrogen-bond donors (Lipinski definition) is 3. The second kappa shape index (κ2) is 9.98. The smallest absolute Gasteiger partial charge is 0.333 e. The average Bonchev–Trinajstić information content (AvgIpc) is 3.11. The molecule has 0 saturated heterocycles. The van der Waals surface area contributed by atoms with Crippen molar-refractivity contribution in [2.75, 3.05) is 12.4 Å². The first-order valence-corrected chi connectivity index (χ1v) is 11.3. The van der Waals surface area contributed by atoms with Gasteiger partial charge in [-0.1, -0.05) is 27.5 Å². The highest BCUT2D eigenvalue weighted by atomic mass is 79.9. The van der Waals surface area contributed by atoms with Crippen LogP contribution in [-0.4, -0.2) is 44.7 Å². The van der Waals surface area contributed by atoms with Crippen LogP contribution in [0.15, 0.2) is 50.1 Å². The van der Waals surface area contributed by atoms with Crippen LogP contribution in [0.3, 0.4) is 0 Å². The molecule has 0 aliphatic heterocycles. The lowest BCUT2D eigenvalue weighted by Crippen LogP contribution is -2.46. The van der Waals surface area contributed by atoms with Crippen molar-refractivity contribution < 1.29 is 14.4 Å². The zero-order valence-corrected chi connectivity index (χ0v) is 21.6. The molecule has 0 fully saturated rings. The van der Waals surface area contributed by atoms with E-state index >= 15 is 0 Å². The highest BCUT2D eigenvalue weighted by Crippen LogP contribution is 2.32. The minimum atomic E-state index is -0.862. The third-order valence-corrected chi connectivity index (χ3v) is 5.76. The van der Waals surface area contributed by atoms with Gasteiger partial charge in [0.1, 0.15) is 10.3 Å². The molecule has 2 aromatic heterocycles. The Morgan fingerprint density at radius 1 is 1.16 bits per heavy atom. The number of hydrogen-bond acceptors (Lipinski definition) is 5. The Labute approximate surface area is 211 Å². The number of rotatable bonds is 4. The van der Waals surface area contributed by atoms with Crippen molar-refractivity contribution in [3.8, 4) is 5.82 Å². The Bertz CT molecular complexity index is 1230. The lowest BCUT2D eigenvalue weighted by molar-refractivity contribution is 0.0860. The second-order valence-corrected chi connectivity index (χ2v) is 9.17. The van der Waals surface area contributed by atoms with Crippen LogP contribution in [0.2, 0.25) is 5.02 Å². The summed E-state index contributed by atoms with van der Waals surface area (Å²) in [6.07, 6.45) is 1.52. The first kappa shape index (κ1) is 24.2. The topological polar surface area (TPSA) is 135 Å². The molecule has 0 aliphatic rings. The highest BCUT2D eigenvalue weighted by molar-refractivity contribution is 9.11. The summed E-state index contributed by atoms with van der Waals surface area (Å²) in [6, 6.07) is 7.01. The molecule has 0 atom stereocenters. The number of anilines is 1. The van der Waals surface area contributed by atoms with Gasteiger partial charge in [0.15, 0.2) is 5.82 Å². The van der Waals surface area contributed by atoms with Crippen LogP contribution in [0.5, 0.6) is 0 Å². The summed E-state index contributed by atoms with van der Waals surface area (Å²) in [6.45, 7) is 0. The predicted octanol–water partition coefficient (Wildman–Crippen LogP) is 4.12. The molecule has 3 rings (SSSR count). The van der Waals surface area contributed by atoms with Gasteiger partial charge in [0.05, 0.1) is 16.3 Å². The maximum absolute atomic E-state index is 13.2. The van der Waals surface area contributed by atoms with Crippen LogP contribution in [-0.2, 0) is 0 Å². The summed E-state index contributed by atoms with van der Waals surface area (Å²) in [4.78, 5) is 41.3. The van der Waals surface area contributed by atoms with E-state index in [0.717, 1.165) is 5.01 Å². The molecule has 1 aromatic carbocycles. The monoisotopic (exact) mass is 647 g/mol. The summed E-state index contributed by atoms with van der Waals surface area (Å²) in [5.41, 5.74) is 7.81. The largest absolute Gasteiger partial charge is 0.350 e. The SMILES string of the molecule is CN(NC(=O)c1cc(Br)cc(Br)c1NC(=O)c1cc(Br)nn1-c1ncccc1Cl)C(N)=O. The number of hydrazine groups is 1. The van der Waals surface area contributed by atoms with Crippen molar-refractivity contribution in [3.05, 3.63) is 66.4 Å². The van der Waals surface area contributed by atoms with Gasteiger partial charge in [-0.3, -0.25) is 15.0 Å². The van der Waals surface area contributed by atoms with Crippen molar-refractivity contribution in [2.45, 2.75) is 0 Å². The molecule has 14 heteroatoms. The molecule has 0 unspecified atom stereocenters. The fraction of sp³-hybridized carbons (Fsp3) is 0.0556. The quantitative estimate of drug-likeness (QED) is 0.366. The minimum Gasteiger partial charge on any atom is -0.350 e. The van der Waals surface area contributed by atoms with Crippen LogP contribution in [0.25, 0.3) is 5.82 Å². The molecular weight excluding hydrogens is 637 g/mol. The molecule has 0 bridgehead atoms. The van der Waals surface area contributed by atoms with Crippen molar-refractivity contribution in [1.29, 1.82) is 0 Å². The first-order chi connectivity index (χ1) is 15.1. The average molecular weight is 651 g/mol. The molecule has 2 heterocycles. The summed E-state index contributed by atoms with van der Waals surface area (Å²) in [5.74, 6) is -1.02. The van der Waals surface area contributed by atoms with E-state index in [-0.39, 0.29) is 27.8 Å². The molecule has 10 nitrogen and oxygen atoms in total. The fourth-order valence-corrected chi connectivity index (χ4v) is 4.43. The van der Waals surface area contributed by atoms with Crippen molar-refractivity contribution in [2.24, 2.45) is 5.73 Å². The highest BCUT2D eigenvalue weighted by Gasteiger charge is 2.23. The standard InChI is InChI=1S/C18H13Br3ClN7O3/c1-28(18(23)32)27-16(30)9-5-8(19)6-10(20)14(9)25-17(31)12-7-13(21)26-29(12)15-11(22)3-2-4-24-15/h2-7H,1H3,(H2,23,32)(H,25,31)(H,27,30). The van der Waals surface area contributed by atoms with Gasteiger partial charge in [-0.2, -0.15) is 5.10 Å². The number of aromatic nitrogens is 3. The molecule has 3 aromatic rings. The van der Waals surface area contributed by atoms with E-state index in [9.17, 15) is 14.4 Å². The number of nitrogens with one attached hydrogen (secondary N) is 2. The minimum absolute atomic E-state index is 0.0636. The summed E-state index contributed by atoms with van der Waals surface area (Å²) in [5, 5.41) is 8.03. The normalized spacial score (nSPS) is 10.5. The van der Waals surface area contributed by atoms with E-state index < -0.39 is 17.8 Å². The number of nitrogens with zero attached hydrogens (tertiary/aromatic N) is 4. The van der Waals surface area contributed by atoms with E-state index in [1.807, 2.05) is 0 Å².